The van der Waals surface area contributed by atoms with E-state index >= 15 is 0 Å². The van der Waals surface area contributed by atoms with Gasteiger partial charge in [0.15, 0.2) is 0 Å². The number of piperidine rings is 1. The van der Waals surface area contributed by atoms with Crippen LogP contribution >= 0.6 is 11.8 Å². The zero-order chi connectivity index (χ0) is 26.2. The summed E-state index contributed by atoms with van der Waals surface area (Å²) in [7, 11) is -3.89. The van der Waals surface area contributed by atoms with Crippen molar-refractivity contribution in [2.45, 2.75) is 63.4 Å². The Morgan fingerprint density at radius 3 is 2.29 bits per heavy atom. The second-order valence-corrected chi connectivity index (χ2v) is 11.8. The molecule has 2 amide bonds. The molecule has 1 fully saturated rings. The van der Waals surface area contributed by atoms with Crippen molar-refractivity contribution in [2.75, 3.05) is 25.1 Å². The lowest BCUT2D eigenvalue weighted by Crippen LogP contribution is -2.54. The van der Waals surface area contributed by atoms with Gasteiger partial charge in [-0.25, -0.2) is 13.2 Å². The lowest BCUT2D eigenvalue weighted by atomic mass is 9.93. The number of aryl methyl sites for hydroxylation is 1. The van der Waals surface area contributed by atoms with Crippen molar-refractivity contribution < 1.29 is 27.9 Å². The third-order valence-corrected chi connectivity index (χ3v) is 8.60. The Labute approximate surface area is 212 Å². The molecule has 0 unspecified atom stereocenters. The molecule has 196 valence electrons. The minimum Gasteiger partial charge on any atom is -0.480 e. The fourth-order valence-corrected chi connectivity index (χ4v) is 5.71. The molecule has 0 spiro atoms. The maximum Gasteiger partial charge on any atom is 0.326 e. The zero-order valence-corrected chi connectivity index (χ0v) is 22.5. The number of sulfonamides is 1. The topological polar surface area (TPSA) is 133 Å². The summed E-state index contributed by atoms with van der Waals surface area (Å²) >= 11 is 1.52. The summed E-state index contributed by atoms with van der Waals surface area (Å²) in [4.78, 5) is 39.1. The molecule has 2 rings (SSSR count). The molecule has 0 aliphatic carbocycles. The molecule has 11 heteroatoms. The van der Waals surface area contributed by atoms with Crippen LogP contribution in [0.15, 0.2) is 29.2 Å². The van der Waals surface area contributed by atoms with E-state index < -0.39 is 28.1 Å². The van der Waals surface area contributed by atoms with Gasteiger partial charge in [-0.3, -0.25) is 9.59 Å². The number of carbonyl (C=O) groups is 3. The van der Waals surface area contributed by atoms with Gasteiger partial charge in [-0.1, -0.05) is 38.0 Å². The smallest absolute Gasteiger partial charge is 0.326 e. The lowest BCUT2D eigenvalue weighted by molar-refractivity contribution is -0.143. The second-order valence-electron chi connectivity index (χ2n) is 9.08. The molecular weight excluding hydrogens is 490 g/mol. The number of aliphatic carboxylic acids is 1. The van der Waals surface area contributed by atoms with Crippen LogP contribution in [0.1, 0.15) is 45.1 Å². The standard InChI is InChI=1S/C24H37N3O6S2/c1-5-17(3)21(26-35(32,33)19-8-6-16(2)7-9-19)23(29)27-13-10-18(11-14-27)22(28)25-20(24(30)31)12-15-34-4/h6-9,17-18,20-21,26H,5,10-15H2,1-4H3,(H,25,28)(H,30,31)/t17-,20+,21+/m1/s1. The molecule has 0 bridgehead atoms. The Hall–Kier alpha value is -2.11. The molecule has 0 radical (unpaired) electrons. The van der Waals surface area contributed by atoms with Gasteiger partial charge >= 0.3 is 5.97 Å². The summed E-state index contributed by atoms with van der Waals surface area (Å²) in [6.45, 7) is 6.21. The van der Waals surface area contributed by atoms with Crippen LogP contribution in [0.5, 0.6) is 0 Å². The van der Waals surface area contributed by atoms with Crippen LogP contribution in [0.2, 0.25) is 0 Å². The summed E-state index contributed by atoms with van der Waals surface area (Å²) < 4.78 is 28.5. The molecule has 3 N–H and O–H groups in total. The van der Waals surface area contributed by atoms with Crippen LogP contribution in [0, 0.1) is 18.8 Å². The van der Waals surface area contributed by atoms with Gasteiger partial charge in [-0.05, 0) is 56.2 Å². The molecule has 0 aromatic heterocycles. The molecule has 1 aromatic rings. The van der Waals surface area contributed by atoms with Crippen molar-refractivity contribution in [1.82, 2.24) is 14.9 Å². The van der Waals surface area contributed by atoms with Crippen LogP contribution in [-0.2, 0) is 24.4 Å². The van der Waals surface area contributed by atoms with E-state index in [4.69, 9.17) is 0 Å². The maximum absolute atomic E-state index is 13.3. The van der Waals surface area contributed by atoms with Gasteiger partial charge in [0, 0.05) is 19.0 Å². The average Bonchev–Trinajstić information content (AvgIpc) is 2.84. The Kier molecular flexibility index (Phi) is 11.0. The third-order valence-electron chi connectivity index (χ3n) is 6.50. The van der Waals surface area contributed by atoms with Crippen molar-refractivity contribution in [2.24, 2.45) is 11.8 Å². The van der Waals surface area contributed by atoms with E-state index in [2.05, 4.69) is 10.0 Å². The molecule has 9 nitrogen and oxygen atoms in total. The minimum absolute atomic E-state index is 0.106. The van der Waals surface area contributed by atoms with Crippen LogP contribution in [0.25, 0.3) is 0 Å². The first-order chi connectivity index (χ1) is 16.5. The van der Waals surface area contributed by atoms with Crippen molar-refractivity contribution in [3.8, 4) is 0 Å². The SMILES string of the molecule is CC[C@@H](C)[C@H](NS(=O)(=O)c1ccc(C)cc1)C(=O)N1CCC(C(=O)N[C@@H](CCSC)C(=O)O)CC1. The number of nitrogens with one attached hydrogen (secondary N) is 2. The number of likely N-dealkylation sites (tertiary alicyclic amines) is 1. The number of hydrogen-bond acceptors (Lipinski definition) is 6. The third kappa shape index (κ3) is 8.22. The van der Waals surface area contributed by atoms with Gasteiger partial charge in [-0.2, -0.15) is 16.5 Å². The van der Waals surface area contributed by atoms with E-state index in [1.165, 1.54) is 23.9 Å². The lowest BCUT2D eigenvalue weighted by Gasteiger charge is -2.35. The number of benzene rings is 1. The van der Waals surface area contributed by atoms with Crippen molar-refractivity contribution in [1.29, 1.82) is 0 Å². The number of nitrogens with zero attached hydrogens (tertiary/aromatic N) is 1. The van der Waals surface area contributed by atoms with Crippen molar-refractivity contribution in [3.05, 3.63) is 29.8 Å². The Balaban J connectivity index is 2.03. The summed E-state index contributed by atoms with van der Waals surface area (Å²) in [5, 5.41) is 12.0. The molecule has 1 heterocycles. The van der Waals surface area contributed by atoms with Gasteiger partial charge in [0.2, 0.25) is 21.8 Å². The predicted octanol–water partition coefficient (Wildman–Crippen LogP) is 2.25. The minimum atomic E-state index is -3.89. The quantitative estimate of drug-likeness (QED) is 0.380. The molecular formula is C24H37N3O6S2. The van der Waals surface area contributed by atoms with E-state index in [0.29, 0.717) is 44.5 Å². The van der Waals surface area contributed by atoms with Gasteiger partial charge in [-0.15, -0.1) is 0 Å². The van der Waals surface area contributed by atoms with Gasteiger partial charge in [0.1, 0.15) is 12.1 Å². The fourth-order valence-electron chi connectivity index (χ4n) is 3.94. The largest absolute Gasteiger partial charge is 0.480 e. The molecule has 1 saturated heterocycles. The number of hydrogen-bond donors (Lipinski definition) is 3. The van der Waals surface area contributed by atoms with Crippen molar-refractivity contribution >= 4 is 39.6 Å². The highest BCUT2D eigenvalue weighted by atomic mass is 32.2. The molecule has 35 heavy (non-hydrogen) atoms. The fraction of sp³-hybridized carbons (Fsp3) is 0.625. The number of carbonyl (C=O) groups excluding carboxylic acids is 2. The van der Waals surface area contributed by atoms with Gasteiger partial charge in [0.05, 0.1) is 4.90 Å². The molecule has 1 aromatic carbocycles. The molecule has 3 atom stereocenters. The van der Waals surface area contributed by atoms with Gasteiger partial charge in [0.25, 0.3) is 0 Å². The van der Waals surface area contributed by atoms with Crippen LogP contribution in [0.3, 0.4) is 0 Å². The van der Waals surface area contributed by atoms with Crippen LogP contribution in [0.4, 0.5) is 0 Å². The zero-order valence-electron chi connectivity index (χ0n) is 20.8. The summed E-state index contributed by atoms with van der Waals surface area (Å²) in [6.07, 6.45) is 3.62. The number of amides is 2. The van der Waals surface area contributed by atoms with Crippen LogP contribution in [-0.4, -0.2) is 73.4 Å². The normalized spacial score (nSPS) is 17.4. The number of thioether (sulfide) groups is 1. The summed E-state index contributed by atoms with van der Waals surface area (Å²) in [5.41, 5.74) is 0.935. The van der Waals surface area contributed by atoms with E-state index in [9.17, 15) is 27.9 Å². The first kappa shape index (κ1) is 29.1. The highest BCUT2D eigenvalue weighted by molar-refractivity contribution is 7.98. The highest BCUT2D eigenvalue weighted by Gasteiger charge is 2.36. The maximum atomic E-state index is 13.3. The van der Waals surface area contributed by atoms with Crippen LogP contribution < -0.4 is 10.0 Å². The number of rotatable bonds is 12. The Morgan fingerprint density at radius 1 is 1.17 bits per heavy atom. The first-order valence-corrected chi connectivity index (χ1v) is 14.8. The van der Waals surface area contributed by atoms with Crippen molar-refractivity contribution in [3.63, 3.8) is 0 Å². The second kappa shape index (κ2) is 13.3. The number of carboxylic acid groups (broad SMARTS) is 1. The molecule has 1 aliphatic heterocycles. The van der Waals surface area contributed by atoms with Gasteiger partial charge < -0.3 is 15.3 Å². The van der Waals surface area contributed by atoms with E-state index in [-0.39, 0.29) is 28.5 Å². The van der Waals surface area contributed by atoms with E-state index in [1.807, 2.05) is 27.0 Å². The van der Waals surface area contributed by atoms with E-state index in [0.717, 1.165) is 5.56 Å². The monoisotopic (exact) mass is 527 g/mol. The van der Waals surface area contributed by atoms with E-state index in [1.54, 1.807) is 17.0 Å². The highest BCUT2D eigenvalue weighted by Crippen LogP contribution is 2.22. The first-order valence-electron chi connectivity index (χ1n) is 11.9. The average molecular weight is 528 g/mol. The summed E-state index contributed by atoms with van der Waals surface area (Å²) in [6, 6.07) is 4.61. The molecule has 0 saturated carbocycles. The predicted molar refractivity (Wildman–Crippen MR) is 137 cm³/mol. The Morgan fingerprint density at radius 2 is 1.77 bits per heavy atom. The number of carboxylic acids is 1. The molecule has 1 aliphatic rings. The summed E-state index contributed by atoms with van der Waals surface area (Å²) in [5.74, 6) is -1.67. The Bertz CT molecular complexity index is 975.